The van der Waals surface area contributed by atoms with Crippen molar-refractivity contribution in [3.63, 3.8) is 0 Å². The number of hydrogen-bond acceptors (Lipinski definition) is 9. The number of aliphatic carboxylic acids is 1. The van der Waals surface area contributed by atoms with Crippen LogP contribution in [0.25, 0.3) is 0 Å². The molecule has 0 aliphatic carbocycles. The molecule has 1 aromatic carbocycles. The Labute approximate surface area is 200 Å². The molecule has 0 radical (unpaired) electrons. The molecule has 0 saturated heterocycles. The Morgan fingerprint density at radius 3 is 1.91 bits per heavy atom. The fourth-order valence-electron chi connectivity index (χ4n) is 2.70. The summed E-state index contributed by atoms with van der Waals surface area (Å²) in [4.78, 5) is 60.0. The molecule has 5 unspecified atom stereocenters. The van der Waals surface area contributed by atoms with E-state index in [-0.39, 0.29) is 17.9 Å². The number of nitrogens with one attached hydrogen (secondary N) is 3. The number of carbonyl (C=O) groups is 5. The molecule has 0 aromatic heterocycles. The maximum atomic E-state index is 12.9. The van der Waals surface area contributed by atoms with Crippen molar-refractivity contribution in [1.29, 1.82) is 0 Å². The molecule has 0 aliphatic heterocycles. The summed E-state index contributed by atoms with van der Waals surface area (Å²) in [6.07, 6.45) is -1.93. The lowest BCUT2D eigenvalue weighted by Gasteiger charge is -2.25. The van der Waals surface area contributed by atoms with E-state index in [1.54, 1.807) is 0 Å². The number of nitrogens with two attached hydrogens (primary N) is 2. The topological polar surface area (TPSA) is 234 Å². The van der Waals surface area contributed by atoms with E-state index in [1.807, 2.05) is 0 Å². The quantitative estimate of drug-likeness (QED) is 0.125. The van der Waals surface area contributed by atoms with Crippen LogP contribution in [-0.2, 0) is 30.4 Å². The average molecular weight is 500 g/mol. The first-order valence-corrected chi connectivity index (χ1v) is 10.7. The van der Waals surface area contributed by atoms with Crippen molar-refractivity contribution in [3.05, 3.63) is 29.8 Å². The molecule has 1 rings (SSSR count). The van der Waals surface area contributed by atoms with E-state index in [0.717, 1.165) is 0 Å². The molecule has 4 amide bonds. The van der Waals surface area contributed by atoms with Gasteiger partial charge in [0.2, 0.25) is 23.6 Å². The zero-order chi connectivity index (χ0) is 26.0. The van der Waals surface area contributed by atoms with Crippen LogP contribution in [0.1, 0.15) is 18.9 Å². The van der Waals surface area contributed by atoms with Crippen LogP contribution in [0.5, 0.6) is 5.75 Å². The zero-order valence-corrected chi connectivity index (χ0v) is 19.2. The summed E-state index contributed by atoms with van der Waals surface area (Å²) in [6.45, 7) is 1.30. The summed E-state index contributed by atoms with van der Waals surface area (Å²) in [6, 6.07) is 0.268. The van der Waals surface area contributed by atoms with Gasteiger partial charge in [-0.05, 0) is 24.6 Å². The van der Waals surface area contributed by atoms with E-state index < -0.39 is 66.3 Å². The van der Waals surface area contributed by atoms with Crippen LogP contribution >= 0.6 is 12.6 Å². The van der Waals surface area contributed by atoms with Gasteiger partial charge in [0, 0.05) is 12.2 Å². The highest BCUT2D eigenvalue weighted by molar-refractivity contribution is 7.80. The van der Waals surface area contributed by atoms with Crippen LogP contribution in [0.3, 0.4) is 0 Å². The normalized spacial score (nSPS) is 15.2. The number of amides is 4. The second-order valence-electron chi connectivity index (χ2n) is 7.51. The third-order valence-electron chi connectivity index (χ3n) is 4.67. The molecule has 1 aromatic rings. The van der Waals surface area contributed by atoms with Crippen LogP contribution in [0.15, 0.2) is 24.3 Å². The number of hydrogen-bond donors (Lipinski definition) is 9. The van der Waals surface area contributed by atoms with Gasteiger partial charge in [-0.1, -0.05) is 12.1 Å². The van der Waals surface area contributed by atoms with E-state index in [4.69, 9.17) is 16.6 Å². The molecule has 13 nitrogen and oxygen atoms in total. The van der Waals surface area contributed by atoms with E-state index >= 15 is 0 Å². The first-order chi connectivity index (χ1) is 15.8. The van der Waals surface area contributed by atoms with Gasteiger partial charge in [-0.2, -0.15) is 12.6 Å². The lowest BCUT2D eigenvalue weighted by atomic mass is 10.0. The Kier molecular flexibility index (Phi) is 11.3. The molecule has 14 heteroatoms. The van der Waals surface area contributed by atoms with Gasteiger partial charge in [0.05, 0.1) is 12.5 Å². The molecule has 0 aliphatic rings. The summed E-state index contributed by atoms with van der Waals surface area (Å²) < 4.78 is 0. The Morgan fingerprint density at radius 2 is 1.44 bits per heavy atom. The molecule has 5 atom stereocenters. The summed E-state index contributed by atoms with van der Waals surface area (Å²) in [7, 11) is 0. The van der Waals surface area contributed by atoms with Crippen LogP contribution in [0.4, 0.5) is 0 Å². The Balaban J connectivity index is 3.03. The highest BCUT2D eigenvalue weighted by Crippen LogP contribution is 2.12. The standard InChI is InChI=1S/C20H29N5O8S/c1-9(26)16(22)19(31)23-12(6-10-2-4-11(27)5-3-10)17(29)25-14(8-34)18(30)24-13(20(32)33)7-15(21)28/h2-5,9,12-14,16,26-27,34H,6-8,22H2,1H3,(H2,21,28)(H,23,31)(H,24,30)(H,25,29)(H,32,33). The van der Waals surface area contributed by atoms with Gasteiger partial charge in [-0.3, -0.25) is 19.2 Å². The van der Waals surface area contributed by atoms with Gasteiger partial charge in [-0.25, -0.2) is 4.79 Å². The van der Waals surface area contributed by atoms with Crippen LogP contribution in [-0.4, -0.2) is 80.9 Å². The summed E-state index contributed by atoms with van der Waals surface area (Å²) >= 11 is 4.00. The van der Waals surface area contributed by atoms with E-state index in [0.29, 0.717) is 5.56 Å². The van der Waals surface area contributed by atoms with Gasteiger partial charge in [-0.15, -0.1) is 0 Å². The number of carbonyl (C=O) groups excluding carboxylic acids is 4. The monoisotopic (exact) mass is 499 g/mol. The lowest BCUT2D eigenvalue weighted by molar-refractivity contribution is -0.143. The van der Waals surface area contributed by atoms with E-state index in [1.165, 1.54) is 31.2 Å². The molecule has 0 bridgehead atoms. The van der Waals surface area contributed by atoms with Crippen molar-refractivity contribution in [3.8, 4) is 5.75 Å². The number of aliphatic hydroxyl groups excluding tert-OH is 1. The third kappa shape index (κ3) is 9.25. The second-order valence-corrected chi connectivity index (χ2v) is 7.88. The van der Waals surface area contributed by atoms with Crippen molar-refractivity contribution >= 4 is 42.2 Å². The van der Waals surface area contributed by atoms with Crippen LogP contribution in [0, 0.1) is 0 Å². The van der Waals surface area contributed by atoms with Crippen molar-refractivity contribution in [2.24, 2.45) is 11.5 Å². The summed E-state index contributed by atoms with van der Waals surface area (Å²) in [5, 5.41) is 35.0. The smallest absolute Gasteiger partial charge is 0.326 e. The van der Waals surface area contributed by atoms with Gasteiger partial charge >= 0.3 is 5.97 Å². The maximum absolute atomic E-state index is 12.9. The first kappa shape index (κ1) is 28.7. The number of benzene rings is 1. The van der Waals surface area contributed by atoms with Crippen molar-refractivity contribution in [2.75, 3.05) is 5.75 Å². The lowest BCUT2D eigenvalue weighted by Crippen LogP contribution is -2.59. The minimum Gasteiger partial charge on any atom is -0.508 e. The molecular formula is C20H29N5O8S. The molecule has 0 saturated carbocycles. The molecule has 0 spiro atoms. The zero-order valence-electron chi connectivity index (χ0n) is 18.3. The van der Waals surface area contributed by atoms with Crippen LogP contribution < -0.4 is 27.4 Å². The molecule has 34 heavy (non-hydrogen) atoms. The van der Waals surface area contributed by atoms with Gasteiger partial charge in [0.25, 0.3) is 0 Å². The fraction of sp³-hybridized carbons (Fsp3) is 0.450. The molecule has 0 fully saturated rings. The number of carboxylic acid groups (broad SMARTS) is 1. The van der Waals surface area contributed by atoms with Crippen molar-refractivity contribution < 1.29 is 39.3 Å². The molecular weight excluding hydrogens is 470 g/mol. The Bertz CT molecular complexity index is 895. The summed E-state index contributed by atoms with van der Waals surface area (Å²) in [5.74, 6) is -5.30. The Hall–Kier alpha value is -3.36. The van der Waals surface area contributed by atoms with E-state index in [9.17, 15) is 34.2 Å². The summed E-state index contributed by atoms with van der Waals surface area (Å²) in [5.41, 5.74) is 11.2. The molecule has 0 heterocycles. The fourth-order valence-corrected chi connectivity index (χ4v) is 2.96. The predicted octanol–water partition coefficient (Wildman–Crippen LogP) is -3.01. The van der Waals surface area contributed by atoms with Crippen molar-refractivity contribution in [2.45, 2.75) is 50.0 Å². The minimum absolute atomic E-state index is 0.0133. The highest BCUT2D eigenvalue weighted by Gasteiger charge is 2.31. The van der Waals surface area contributed by atoms with Crippen LogP contribution in [0.2, 0.25) is 0 Å². The second kappa shape index (κ2) is 13.4. The first-order valence-electron chi connectivity index (χ1n) is 10.1. The Morgan fingerprint density at radius 1 is 0.941 bits per heavy atom. The number of rotatable bonds is 13. The van der Waals surface area contributed by atoms with Gasteiger partial charge in [0.15, 0.2) is 0 Å². The SMILES string of the molecule is CC(O)C(N)C(=O)NC(Cc1ccc(O)cc1)C(=O)NC(CS)C(=O)NC(CC(N)=O)C(=O)O. The number of primary amides is 1. The molecule has 188 valence electrons. The number of phenolic OH excluding ortho intramolecular Hbond substituents is 1. The average Bonchev–Trinajstić information content (AvgIpc) is 2.76. The number of thiol groups is 1. The third-order valence-corrected chi connectivity index (χ3v) is 5.03. The predicted molar refractivity (Wildman–Crippen MR) is 123 cm³/mol. The molecule has 10 N–H and O–H groups in total. The number of carboxylic acids is 1. The van der Waals surface area contributed by atoms with E-state index in [2.05, 4.69) is 28.6 Å². The number of phenols is 1. The highest BCUT2D eigenvalue weighted by atomic mass is 32.1. The number of aromatic hydroxyl groups is 1. The minimum atomic E-state index is -1.61. The maximum Gasteiger partial charge on any atom is 0.326 e. The van der Waals surface area contributed by atoms with Gasteiger partial charge < -0.3 is 42.7 Å². The largest absolute Gasteiger partial charge is 0.508 e. The van der Waals surface area contributed by atoms with Gasteiger partial charge in [0.1, 0.15) is 29.9 Å². The van der Waals surface area contributed by atoms with Crippen molar-refractivity contribution in [1.82, 2.24) is 16.0 Å². The number of aliphatic hydroxyl groups is 1.